The van der Waals surface area contributed by atoms with Crippen molar-refractivity contribution in [3.05, 3.63) is 95.2 Å². The summed E-state index contributed by atoms with van der Waals surface area (Å²) in [5, 5.41) is 0.648. The predicted octanol–water partition coefficient (Wildman–Crippen LogP) is 5.81. The molecule has 3 aromatic carbocycles. The van der Waals surface area contributed by atoms with E-state index < -0.39 is 0 Å². The van der Waals surface area contributed by atoms with Crippen LogP contribution >= 0.6 is 11.6 Å². The van der Waals surface area contributed by atoms with Crippen LogP contribution in [0.5, 0.6) is 5.75 Å². The summed E-state index contributed by atoms with van der Waals surface area (Å²) < 4.78 is 21.3. The van der Waals surface area contributed by atoms with E-state index in [1.807, 2.05) is 59.3 Å². The number of H-pyrrole nitrogens is 1. The van der Waals surface area contributed by atoms with Crippen molar-refractivity contribution in [2.45, 2.75) is 6.42 Å². The fourth-order valence-corrected chi connectivity index (χ4v) is 3.74. The van der Waals surface area contributed by atoms with Gasteiger partial charge in [0, 0.05) is 28.9 Å². The third kappa shape index (κ3) is 3.78. The minimum absolute atomic E-state index is 0.321. The summed E-state index contributed by atoms with van der Waals surface area (Å²) in [5.41, 5.74) is 4.10. The molecule has 0 aliphatic rings. The lowest BCUT2D eigenvalue weighted by molar-refractivity contribution is 0.409. The van der Waals surface area contributed by atoms with E-state index in [2.05, 4.69) is 9.97 Å². The molecule has 31 heavy (non-hydrogen) atoms. The number of benzene rings is 3. The van der Waals surface area contributed by atoms with Crippen molar-refractivity contribution in [1.29, 1.82) is 0 Å². The molecule has 5 rings (SSSR count). The molecular weight excluding hydrogens is 415 g/mol. The van der Waals surface area contributed by atoms with Gasteiger partial charge in [0.25, 0.3) is 0 Å². The van der Waals surface area contributed by atoms with Gasteiger partial charge in [-0.05, 0) is 54.6 Å². The molecule has 0 spiro atoms. The van der Waals surface area contributed by atoms with E-state index in [1.54, 1.807) is 13.2 Å². The number of para-hydroxylation sites is 2. The van der Waals surface area contributed by atoms with Gasteiger partial charge in [0.15, 0.2) is 5.82 Å². The molecule has 0 atom stereocenters. The fraction of sp³-hybridized carbons (Fsp3) is 0.0833. The van der Waals surface area contributed by atoms with E-state index in [1.165, 1.54) is 12.1 Å². The highest BCUT2D eigenvalue weighted by Gasteiger charge is 2.17. The average Bonchev–Trinajstić information content (AvgIpc) is 3.39. The molecule has 5 aromatic rings. The number of rotatable bonds is 5. The third-order valence-corrected chi connectivity index (χ3v) is 5.36. The largest absolute Gasteiger partial charge is 0.496 e. The summed E-state index contributed by atoms with van der Waals surface area (Å²) in [5.74, 6) is 1.68. The zero-order valence-corrected chi connectivity index (χ0v) is 17.4. The van der Waals surface area contributed by atoms with Crippen LogP contribution in [0.25, 0.3) is 28.2 Å². The van der Waals surface area contributed by atoms with Gasteiger partial charge in [-0.25, -0.2) is 14.4 Å². The monoisotopic (exact) mass is 432 g/mol. The van der Waals surface area contributed by atoms with Crippen molar-refractivity contribution in [3.63, 3.8) is 0 Å². The molecule has 0 aliphatic heterocycles. The van der Waals surface area contributed by atoms with Crippen molar-refractivity contribution in [2.24, 2.45) is 0 Å². The van der Waals surface area contributed by atoms with Gasteiger partial charge in [0.1, 0.15) is 23.1 Å². The molecule has 2 heterocycles. The number of nitrogens with one attached hydrogen (secondary N) is 1. The molecule has 0 amide bonds. The van der Waals surface area contributed by atoms with Crippen LogP contribution in [0.4, 0.5) is 4.39 Å². The molecule has 0 aliphatic carbocycles. The number of hydrogen-bond donors (Lipinski definition) is 1. The highest BCUT2D eigenvalue weighted by atomic mass is 35.5. The Bertz CT molecular complexity index is 1340. The Kier molecular flexibility index (Phi) is 4.92. The first-order chi connectivity index (χ1) is 15.1. The number of fused-ring (bicyclic) bond motifs is 1. The van der Waals surface area contributed by atoms with E-state index in [0.717, 1.165) is 22.5 Å². The molecule has 0 unspecified atom stereocenters. The summed E-state index contributed by atoms with van der Waals surface area (Å²) in [6.07, 6.45) is 2.30. The van der Waals surface area contributed by atoms with Crippen molar-refractivity contribution in [3.8, 4) is 23.0 Å². The highest BCUT2D eigenvalue weighted by Crippen LogP contribution is 2.27. The van der Waals surface area contributed by atoms with Crippen molar-refractivity contribution >= 4 is 22.6 Å². The van der Waals surface area contributed by atoms with Crippen LogP contribution in [-0.4, -0.2) is 26.6 Å². The molecule has 154 valence electrons. The number of imidazole rings is 2. The Morgan fingerprint density at radius 2 is 1.84 bits per heavy atom. The molecule has 5 nitrogen and oxygen atoms in total. The lowest BCUT2D eigenvalue weighted by Gasteiger charge is -2.11. The maximum atomic E-state index is 13.9. The molecular formula is C24H18ClFN4O. The summed E-state index contributed by atoms with van der Waals surface area (Å²) in [6, 6.07) is 19.8. The number of aromatic amines is 1. The summed E-state index contributed by atoms with van der Waals surface area (Å²) in [7, 11) is 1.57. The summed E-state index contributed by atoms with van der Waals surface area (Å²) in [4.78, 5) is 12.8. The Labute approximate surface area is 183 Å². The standard InChI is InChI=1S/C24H18ClFN4O/c1-31-22-11-8-17(26)12-15(22)13-23-27-21(14-30(23)18-9-6-16(25)7-10-18)24-28-19-4-2-3-5-20(19)29-24/h2-12,14H,13H2,1H3,(H,28,29). The van der Waals surface area contributed by atoms with Crippen molar-refractivity contribution < 1.29 is 9.13 Å². The first-order valence-electron chi connectivity index (χ1n) is 9.72. The SMILES string of the molecule is COc1ccc(F)cc1Cc1nc(-c2nc3ccccc3[nH]2)cn1-c1ccc(Cl)cc1. The number of halogens is 2. The predicted molar refractivity (Wildman–Crippen MR) is 119 cm³/mol. The van der Waals surface area contributed by atoms with Gasteiger partial charge in [-0.2, -0.15) is 0 Å². The average molecular weight is 433 g/mol. The zero-order chi connectivity index (χ0) is 21.4. The summed E-state index contributed by atoms with van der Waals surface area (Å²) >= 11 is 6.07. The Morgan fingerprint density at radius 1 is 1.03 bits per heavy atom. The van der Waals surface area contributed by atoms with Crippen LogP contribution in [-0.2, 0) is 6.42 Å². The Hall–Kier alpha value is -3.64. The third-order valence-electron chi connectivity index (χ3n) is 5.11. The molecule has 1 N–H and O–H groups in total. The van der Waals surface area contributed by atoms with Gasteiger partial charge in [-0.15, -0.1) is 0 Å². The zero-order valence-electron chi connectivity index (χ0n) is 16.6. The van der Waals surface area contributed by atoms with Gasteiger partial charge < -0.3 is 14.3 Å². The maximum absolute atomic E-state index is 13.9. The molecule has 0 fully saturated rings. The van der Waals surface area contributed by atoms with Crippen molar-refractivity contribution in [2.75, 3.05) is 7.11 Å². The lowest BCUT2D eigenvalue weighted by Crippen LogP contribution is -2.03. The second-order valence-corrected chi connectivity index (χ2v) is 7.56. The fourth-order valence-electron chi connectivity index (χ4n) is 3.61. The Morgan fingerprint density at radius 3 is 2.61 bits per heavy atom. The van der Waals surface area contributed by atoms with Gasteiger partial charge in [0.05, 0.1) is 18.1 Å². The molecule has 0 radical (unpaired) electrons. The van der Waals surface area contributed by atoms with E-state index in [0.29, 0.717) is 34.3 Å². The highest BCUT2D eigenvalue weighted by molar-refractivity contribution is 6.30. The number of nitrogens with zero attached hydrogens (tertiary/aromatic N) is 3. The number of aromatic nitrogens is 4. The summed E-state index contributed by atoms with van der Waals surface area (Å²) in [6.45, 7) is 0. The minimum Gasteiger partial charge on any atom is -0.496 e. The molecule has 0 saturated carbocycles. The first-order valence-corrected chi connectivity index (χ1v) is 10.1. The van der Waals surface area contributed by atoms with Crippen LogP contribution in [0, 0.1) is 5.82 Å². The van der Waals surface area contributed by atoms with E-state index in [4.69, 9.17) is 21.3 Å². The van der Waals surface area contributed by atoms with E-state index in [9.17, 15) is 4.39 Å². The van der Waals surface area contributed by atoms with Gasteiger partial charge in [-0.1, -0.05) is 23.7 Å². The van der Waals surface area contributed by atoms with E-state index in [-0.39, 0.29) is 5.82 Å². The topological polar surface area (TPSA) is 55.7 Å². The lowest BCUT2D eigenvalue weighted by atomic mass is 10.1. The number of methoxy groups -OCH3 is 1. The first kappa shape index (κ1) is 19.3. The van der Waals surface area contributed by atoms with Gasteiger partial charge >= 0.3 is 0 Å². The minimum atomic E-state index is -0.321. The van der Waals surface area contributed by atoms with Gasteiger partial charge in [-0.3, -0.25) is 0 Å². The van der Waals surface area contributed by atoms with Crippen LogP contribution in [0.3, 0.4) is 0 Å². The second kappa shape index (κ2) is 7.89. The Balaban J connectivity index is 1.63. The van der Waals surface area contributed by atoms with Gasteiger partial charge in [0.2, 0.25) is 0 Å². The van der Waals surface area contributed by atoms with Crippen LogP contribution in [0.2, 0.25) is 5.02 Å². The van der Waals surface area contributed by atoms with Crippen LogP contribution in [0.15, 0.2) is 72.9 Å². The molecule has 7 heteroatoms. The molecule has 0 saturated heterocycles. The molecule has 0 bridgehead atoms. The normalized spacial score (nSPS) is 11.2. The number of ether oxygens (including phenoxy) is 1. The van der Waals surface area contributed by atoms with Crippen LogP contribution in [0.1, 0.15) is 11.4 Å². The van der Waals surface area contributed by atoms with Crippen LogP contribution < -0.4 is 4.74 Å². The maximum Gasteiger partial charge on any atom is 0.158 e. The van der Waals surface area contributed by atoms with E-state index >= 15 is 0 Å². The quantitative estimate of drug-likeness (QED) is 0.381. The van der Waals surface area contributed by atoms with Crippen molar-refractivity contribution in [1.82, 2.24) is 19.5 Å². The smallest absolute Gasteiger partial charge is 0.158 e. The molecule has 2 aromatic heterocycles. The number of hydrogen-bond acceptors (Lipinski definition) is 3. The second-order valence-electron chi connectivity index (χ2n) is 7.12.